The number of para-hydroxylation sites is 1. The van der Waals surface area contributed by atoms with Gasteiger partial charge in [-0.1, -0.05) is 37.4 Å². The first kappa shape index (κ1) is 14.0. The van der Waals surface area contributed by atoms with Crippen molar-refractivity contribution in [1.82, 2.24) is 10.1 Å². The molecule has 1 aliphatic rings. The van der Waals surface area contributed by atoms with Gasteiger partial charge in [0.15, 0.2) is 5.82 Å². The lowest BCUT2D eigenvalue weighted by Crippen LogP contribution is -2.14. The number of nitrogen functional groups attached to an aromatic ring is 1. The summed E-state index contributed by atoms with van der Waals surface area (Å²) in [6.07, 6.45) is 5.88. The molecule has 3 rings (SSSR count). The Kier molecular flexibility index (Phi) is 3.90. The molecule has 21 heavy (non-hydrogen) atoms. The quantitative estimate of drug-likeness (QED) is 0.862. The highest BCUT2D eigenvalue weighted by molar-refractivity contribution is 5.70. The Morgan fingerprint density at radius 1 is 1.38 bits per heavy atom. The normalized spacial score (nSPS) is 22.4. The number of nitrogens with zero attached hydrogens (tertiary/aromatic N) is 2. The van der Waals surface area contributed by atoms with Gasteiger partial charge in [-0.05, 0) is 30.9 Å². The summed E-state index contributed by atoms with van der Waals surface area (Å²) >= 11 is 0. The molecule has 1 aromatic carbocycles. The van der Waals surface area contributed by atoms with Crippen LogP contribution in [0.3, 0.4) is 0 Å². The molecule has 1 aliphatic carbocycles. The highest BCUT2D eigenvalue weighted by Crippen LogP contribution is 2.37. The summed E-state index contributed by atoms with van der Waals surface area (Å²) in [6, 6.07) is 4.62. The minimum Gasteiger partial charge on any atom is -0.396 e. The molecule has 1 saturated carbocycles. The molecule has 1 heterocycles. The summed E-state index contributed by atoms with van der Waals surface area (Å²) in [7, 11) is 0. The van der Waals surface area contributed by atoms with Crippen LogP contribution < -0.4 is 5.73 Å². The molecule has 2 atom stereocenters. The van der Waals surface area contributed by atoms with Gasteiger partial charge >= 0.3 is 0 Å². The third-order valence-electron chi connectivity index (χ3n) is 4.45. The Labute approximate surface area is 123 Å². The van der Waals surface area contributed by atoms with E-state index in [0.29, 0.717) is 17.4 Å². The van der Waals surface area contributed by atoms with Gasteiger partial charge in [-0.3, -0.25) is 0 Å². The van der Waals surface area contributed by atoms with Crippen molar-refractivity contribution in [3.05, 3.63) is 29.8 Å². The second-order valence-corrected chi connectivity index (χ2v) is 5.80. The van der Waals surface area contributed by atoms with Crippen LogP contribution in [0.5, 0.6) is 0 Å². The molecule has 2 aromatic rings. The van der Waals surface area contributed by atoms with Gasteiger partial charge in [-0.15, -0.1) is 0 Å². The SMILES string of the molecule is CCC1CCCC(c2noc(-c3cccc(F)c3N)n2)C1. The molecule has 0 saturated heterocycles. The number of hydrogen-bond donors (Lipinski definition) is 1. The summed E-state index contributed by atoms with van der Waals surface area (Å²) < 4.78 is 18.8. The van der Waals surface area contributed by atoms with Crippen LogP contribution in [0.1, 0.15) is 50.8 Å². The van der Waals surface area contributed by atoms with Crippen molar-refractivity contribution in [2.45, 2.75) is 44.9 Å². The highest BCUT2D eigenvalue weighted by Gasteiger charge is 2.26. The first-order valence-corrected chi connectivity index (χ1v) is 7.57. The number of benzene rings is 1. The van der Waals surface area contributed by atoms with Gasteiger partial charge in [0.05, 0.1) is 11.3 Å². The lowest BCUT2D eigenvalue weighted by Gasteiger charge is -2.26. The lowest BCUT2D eigenvalue weighted by molar-refractivity contribution is 0.300. The summed E-state index contributed by atoms with van der Waals surface area (Å²) in [5.41, 5.74) is 6.27. The van der Waals surface area contributed by atoms with Gasteiger partial charge in [0, 0.05) is 5.92 Å². The minimum atomic E-state index is -0.462. The van der Waals surface area contributed by atoms with E-state index < -0.39 is 5.82 Å². The number of anilines is 1. The summed E-state index contributed by atoms with van der Waals surface area (Å²) in [5.74, 6) is 1.66. The fourth-order valence-corrected chi connectivity index (χ4v) is 3.13. The Morgan fingerprint density at radius 2 is 2.24 bits per heavy atom. The van der Waals surface area contributed by atoms with Crippen molar-refractivity contribution >= 4 is 5.69 Å². The van der Waals surface area contributed by atoms with Crippen LogP contribution in [0.25, 0.3) is 11.5 Å². The molecule has 0 spiro atoms. The zero-order chi connectivity index (χ0) is 14.8. The Balaban J connectivity index is 1.85. The average molecular weight is 289 g/mol. The van der Waals surface area contributed by atoms with Crippen molar-refractivity contribution in [3.8, 4) is 11.5 Å². The largest absolute Gasteiger partial charge is 0.396 e. The summed E-state index contributed by atoms with van der Waals surface area (Å²) in [4.78, 5) is 4.45. The number of rotatable bonds is 3. The predicted octanol–water partition coefficient (Wildman–Crippen LogP) is 4.14. The van der Waals surface area contributed by atoms with Crippen LogP contribution in [0, 0.1) is 11.7 Å². The van der Waals surface area contributed by atoms with Gasteiger partial charge in [0.2, 0.25) is 0 Å². The Bertz CT molecular complexity index is 626. The molecule has 1 fully saturated rings. The molecule has 0 aliphatic heterocycles. The fraction of sp³-hybridized carbons (Fsp3) is 0.500. The first-order chi connectivity index (χ1) is 10.2. The van der Waals surface area contributed by atoms with Crippen LogP contribution in [-0.4, -0.2) is 10.1 Å². The number of aromatic nitrogens is 2. The zero-order valence-corrected chi connectivity index (χ0v) is 12.2. The third-order valence-corrected chi connectivity index (χ3v) is 4.45. The number of halogens is 1. The molecule has 4 nitrogen and oxygen atoms in total. The van der Waals surface area contributed by atoms with Crippen molar-refractivity contribution in [1.29, 1.82) is 0 Å². The molecule has 2 unspecified atom stereocenters. The van der Waals surface area contributed by atoms with E-state index in [4.69, 9.17) is 10.3 Å². The van der Waals surface area contributed by atoms with Crippen LogP contribution in [0.2, 0.25) is 0 Å². The summed E-state index contributed by atoms with van der Waals surface area (Å²) in [6.45, 7) is 2.22. The van der Waals surface area contributed by atoms with Gasteiger partial charge in [-0.2, -0.15) is 4.98 Å². The van der Waals surface area contributed by atoms with E-state index >= 15 is 0 Å². The second kappa shape index (κ2) is 5.84. The Hall–Kier alpha value is -1.91. The van der Waals surface area contributed by atoms with Gasteiger partial charge in [0.25, 0.3) is 5.89 Å². The Morgan fingerprint density at radius 3 is 3.05 bits per heavy atom. The summed E-state index contributed by atoms with van der Waals surface area (Å²) in [5, 5.41) is 4.09. The molecule has 1 aromatic heterocycles. The monoisotopic (exact) mass is 289 g/mol. The smallest absolute Gasteiger partial charge is 0.260 e. The lowest BCUT2D eigenvalue weighted by atomic mass is 9.80. The molecule has 0 amide bonds. The van der Waals surface area contributed by atoms with Crippen molar-refractivity contribution in [2.24, 2.45) is 5.92 Å². The highest BCUT2D eigenvalue weighted by atomic mass is 19.1. The van der Waals surface area contributed by atoms with Gasteiger partial charge in [-0.25, -0.2) is 4.39 Å². The first-order valence-electron chi connectivity index (χ1n) is 7.57. The zero-order valence-electron chi connectivity index (χ0n) is 12.2. The standard InChI is InChI=1S/C16H20FN3O/c1-2-10-5-3-6-11(9-10)15-19-16(21-20-15)12-7-4-8-13(17)14(12)18/h4,7-8,10-11H,2-3,5-6,9,18H2,1H3. The van der Waals surface area contributed by atoms with Crippen molar-refractivity contribution in [2.75, 3.05) is 5.73 Å². The minimum absolute atomic E-state index is 0.0581. The predicted molar refractivity (Wildman–Crippen MR) is 79.1 cm³/mol. The number of nitrogens with two attached hydrogens (primary N) is 1. The maximum atomic E-state index is 13.5. The molecule has 2 N–H and O–H groups in total. The molecule has 112 valence electrons. The van der Waals surface area contributed by atoms with E-state index in [-0.39, 0.29) is 5.69 Å². The van der Waals surface area contributed by atoms with Crippen LogP contribution in [0.4, 0.5) is 10.1 Å². The van der Waals surface area contributed by atoms with Crippen LogP contribution in [0.15, 0.2) is 22.7 Å². The maximum Gasteiger partial charge on any atom is 0.260 e. The van der Waals surface area contributed by atoms with Crippen LogP contribution in [-0.2, 0) is 0 Å². The molecular formula is C16H20FN3O. The van der Waals surface area contributed by atoms with Crippen molar-refractivity contribution < 1.29 is 8.91 Å². The molecular weight excluding hydrogens is 269 g/mol. The van der Waals surface area contributed by atoms with E-state index in [1.165, 1.54) is 25.3 Å². The third kappa shape index (κ3) is 2.77. The van der Waals surface area contributed by atoms with Gasteiger partial charge < -0.3 is 10.3 Å². The fourth-order valence-electron chi connectivity index (χ4n) is 3.13. The van der Waals surface area contributed by atoms with E-state index in [0.717, 1.165) is 24.6 Å². The maximum absolute atomic E-state index is 13.5. The second-order valence-electron chi connectivity index (χ2n) is 5.80. The van der Waals surface area contributed by atoms with E-state index in [9.17, 15) is 4.39 Å². The molecule has 0 bridgehead atoms. The molecule has 5 heteroatoms. The van der Waals surface area contributed by atoms with Gasteiger partial charge in [0.1, 0.15) is 5.82 Å². The molecule has 0 radical (unpaired) electrons. The average Bonchev–Trinajstić information content (AvgIpc) is 3.00. The van der Waals surface area contributed by atoms with Crippen molar-refractivity contribution in [3.63, 3.8) is 0 Å². The number of hydrogen-bond acceptors (Lipinski definition) is 4. The van der Waals surface area contributed by atoms with E-state index in [2.05, 4.69) is 17.1 Å². The van der Waals surface area contributed by atoms with E-state index in [1.54, 1.807) is 12.1 Å². The topological polar surface area (TPSA) is 64.9 Å². The van der Waals surface area contributed by atoms with E-state index in [1.807, 2.05) is 0 Å². The van der Waals surface area contributed by atoms with Crippen LogP contribution >= 0.6 is 0 Å².